The van der Waals surface area contributed by atoms with Gasteiger partial charge in [0.25, 0.3) is 5.91 Å². The van der Waals surface area contributed by atoms with Gasteiger partial charge in [0.05, 0.1) is 22.8 Å². The quantitative estimate of drug-likeness (QED) is 0.923. The fourth-order valence-corrected chi connectivity index (χ4v) is 4.40. The van der Waals surface area contributed by atoms with E-state index in [1.54, 1.807) is 36.4 Å². The molecule has 2 heterocycles. The summed E-state index contributed by atoms with van der Waals surface area (Å²) in [5.74, 6) is -0.187. The van der Waals surface area contributed by atoms with Crippen molar-refractivity contribution in [2.75, 3.05) is 28.7 Å². The number of nitrogens with one attached hydrogen (secondary N) is 1. The Labute approximate surface area is 133 Å². The van der Waals surface area contributed by atoms with E-state index in [-0.39, 0.29) is 19.0 Å². The van der Waals surface area contributed by atoms with Crippen molar-refractivity contribution in [3.05, 3.63) is 46.7 Å². The molecular weight excluding hydrogens is 322 g/mol. The highest BCUT2D eigenvalue weighted by molar-refractivity contribution is 7.94. The minimum atomic E-state index is -3.56. The van der Waals surface area contributed by atoms with E-state index in [2.05, 4.69) is 5.32 Å². The molecule has 2 aromatic rings. The lowest BCUT2D eigenvalue weighted by Crippen LogP contribution is -2.40. The van der Waals surface area contributed by atoms with Gasteiger partial charge in [-0.3, -0.25) is 9.10 Å². The highest BCUT2D eigenvalue weighted by Gasteiger charge is 2.37. The molecule has 6 nitrogen and oxygen atoms in total. The Morgan fingerprint density at radius 1 is 1.18 bits per heavy atom. The molecule has 0 saturated heterocycles. The number of carbonyl (C=O) groups is 1. The zero-order valence-electron chi connectivity index (χ0n) is 11.9. The van der Waals surface area contributed by atoms with Crippen LogP contribution >= 0.6 is 11.3 Å². The molecule has 0 spiro atoms. The van der Waals surface area contributed by atoms with Crippen LogP contribution in [0.2, 0.25) is 0 Å². The lowest BCUT2D eigenvalue weighted by Gasteiger charge is -2.19. The number of fused-ring (bicyclic) bond motifs is 1. The van der Waals surface area contributed by atoms with Crippen molar-refractivity contribution >= 4 is 38.8 Å². The van der Waals surface area contributed by atoms with Gasteiger partial charge in [0.1, 0.15) is 0 Å². The van der Waals surface area contributed by atoms with Crippen LogP contribution in [0.3, 0.4) is 0 Å². The molecule has 0 unspecified atom stereocenters. The lowest BCUT2D eigenvalue weighted by atomic mass is 10.2. The molecule has 3 rings (SSSR count). The zero-order chi connectivity index (χ0) is 15.7. The van der Waals surface area contributed by atoms with Crippen LogP contribution in [0.25, 0.3) is 0 Å². The smallest absolute Gasteiger partial charge is 0.326 e. The van der Waals surface area contributed by atoms with Crippen molar-refractivity contribution in [2.24, 2.45) is 0 Å². The molecule has 0 aliphatic carbocycles. The molecule has 0 bridgehead atoms. The molecule has 1 aromatic carbocycles. The molecule has 1 aliphatic heterocycles. The van der Waals surface area contributed by atoms with Gasteiger partial charge in [0.15, 0.2) is 0 Å². The van der Waals surface area contributed by atoms with Gasteiger partial charge < -0.3 is 5.32 Å². The van der Waals surface area contributed by atoms with Crippen molar-refractivity contribution in [2.45, 2.75) is 0 Å². The summed E-state index contributed by atoms with van der Waals surface area (Å²) in [7, 11) is -2.03. The summed E-state index contributed by atoms with van der Waals surface area (Å²) in [6, 6.07) is 10.7. The van der Waals surface area contributed by atoms with Crippen LogP contribution in [0.1, 0.15) is 9.67 Å². The number of hydrogen-bond acceptors (Lipinski definition) is 4. The molecule has 8 heteroatoms. The maximum Gasteiger partial charge on any atom is 0.326 e. The van der Waals surface area contributed by atoms with E-state index in [4.69, 9.17) is 0 Å². The highest BCUT2D eigenvalue weighted by atomic mass is 32.2. The van der Waals surface area contributed by atoms with Gasteiger partial charge in [-0.1, -0.05) is 18.2 Å². The van der Waals surface area contributed by atoms with Crippen LogP contribution in [0, 0.1) is 0 Å². The molecule has 0 radical (unpaired) electrons. The minimum Gasteiger partial charge on any atom is -0.350 e. The predicted octanol–water partition coefficient (Wildman–Crippen LogP) is 1.68. The Balaban J connectivity index is 1.71. The second-order valence-corrected chi connectivity index (χ2v) is 7.60. The number of hydrogen-bond donors (Lipinski definition) is 1. The third-order valence-corrected chi connectivity index (χ3v) is 6.15. The number of rotatable bonds is 4. The largest absolute Gasteiger partial charge is 0.350 e. The average molecular weight is 337 g/mol. The first kappa shape index (κ1) is 14.9. The summed E-state index contributed by atoms with van der Waals surface area (Å²) < 4.78 is 27.4. The van der Waals surface area contributed by atoms with Gasteiger partial charge in [-0.25, -0.2) is 4.31 Å². The fraction of sp³-hybridized carbons (Fsp3) is 0.214. The van der Waals surface area contributed by atoms with Crippen molar-refractivity contribution in [1.29, 1.82) is 0 Å². The van der Waals surface area contributed by atoms with E-state index < -0.39 is 10.2 Å². The summed E-state index contributed by atoms with van der Waals surface area (Å²) in [5.41, 5.74) is 1.28. The monoisotopic (exact) mass is 337 g/mol. The highest BCUT2D eigenvalue weighted by Crippen LogP contribution is 2.38. The van der Waals surface area contributed by atoms with E-state index in [1.807, 2.05) is 5.38 Å². The Morgan fingerprint density at radius 3 is 2.59 bits per heavy atom. The summed E-state index contributed by atoms with van der Waals surface area (Å²) in [6.45, 7) is 0.443. The average Bonchev–Trinajstić information content (AvgIpc) is 3.10. The first-order chi connectivity index (χ1) is 10.5. The van der Waals surface area contributed by atoms with Crippen molar-refractivity contribution in [3.63, 3.8) is 0 Å². The second-order valence-electron chi connectivity index (χ2n) is 4.77. The molecule has 0 atom stereocenters. The summed E-state index contributed by atoms with van der Waals surface area (Å²) >= 11 is 1.35. The van der Waals surface area contributed by atoms with Gasteiger partial charge in [-0.15, -0.1) is 11.3 Å². The summed E-state index contributed by atoms with van der Waals surface area (Å²) in [4.78, 5) is 12.5. The minimum absolute atomic E-state index is 0.187. The number of carbonyl (C=O) groups excluding carboxylic acids is 1. The summed E-state index contributed by atoms with van der Waals surface area (Å²) in [5, 5.41) is 4.57. The first-order valence-electron chi connectivity index (χ1n) is 6.69. The van der Waals surface area contributed by atoms with E-state index in [9.17, 15) is 13.2 Å². The molecule has 0 saturated carbocycles. The first-order valence-corrected chi connectivity index (χ1v) is 8.97. The third kappa shape index (κ3) is 2.44. The van der Waals surface area contributed by atoms with E-state index >= 15 is 0 Å². The number of nitrogens with zero attached hydrogens (tertiary/aromatic N) is 2. The number of amides is 1. The predicted molar refractivity (Wildman–Crippen MR) is 87.8 cm³/mol. The van der Waals surface area contributed by atoms with E-state index in [0.29, 0.717) is 16.3 Å². The number of anilines is 2. The molecular formula is C14H15N3O3S2. The van der Waals surface area contributed by atoms with Crippen LogP contribution in [-0.4, -0.2) is 34.5 Å². The molecule has 0 fully saturated rings. The van der Waals surface area contributed by atoms with Gasteiger partial charge in [0.2, 0.25) is 0 Å². The molecule has 1 amide bonds. The normalized spacial score (nSPS) is 15.7. The Bertz CT molecular complexity index is 787. The lowest BCUT2D eigenvalue weighted by molar-refractivity contribution is 0.0959. The topological polar surface area (TPSA) is 69.7 Å². The number of para-hydroxylation sites is 2. The van der Waals surface area contributed by atoms with Gasteiger partial charge in [-0.05, 0) is 23.6 Å². The zero-order valence-corrected chi connectivity index (χ0v) is 13.5. The van der Waals surface area contributed by atoms with Crippen molar-refractivity contribution in [1.82, 2.24) is 5.32 Å². The van der Waals surface area contributed by atoms with Gasteiger partial charge >= 0.3 is 10.2 Å². The van der Waals surface area contributed by atoms with Crippen molar-refractivity contribution in [3.8, 4) is 0 Å². The molecule has 22 heavy (non-hydrogen) atoms. The SMILES string of the molecule is CN1c2ccccc2N(CCNC(=O)c2cccs2)S1(=O)=O. The van der Waals surface area contributed by atoms with Crippen LogP contribution in [0.5, 0.6) is 0 Å². The Kier molecular flexibility index (Phi) is 3.79. The number of thiophene rings is 1. The third-order valence-electron chi connectivity index (χ3n) is 3.46. The van der Waals surface area contributed by atoms with E-state index in [0.717, 1.165) is 0 Å². The Hall–Kier alpha value is -2.06. The molecule has 1 aliphatic rings. The maximum atomic E-state index is 12.4. The number of benzene rings is 1. The van der Waals surface area contributed by atoms with Crippen LogP contribution < -0.4 is 13.9 Å². The van der Waals surface area contributed by atoms with Crippen LogP contribution in [-0.2, 0) is 10.2 Å². The summed E-state index contributed by atoms with van der Waals surface area (Å²) in [6.07, 6.45) is 0. The maximum absolute atomic E-state index is 12.4. The second kappa shape index (κ2) is 5.62. The van der Waals surface area contributed by atoms with Crippen molar-refractivity contribution < 1.29 is 13.2 Å². The molecule has 1 aromatic heterocycles. The molecule has 116 valence electrons. The fourth-order valence-electron chi connectivity index (χ4n) is 2.34. The molecule has 1 N–H and O–H groups in total. The van der Waals surface area contributed by atoms with Crippen LogP contribution in [0.15, 0.2) is 41.8 Å². The Morgan fingerprint density at radius 2 is 1.91 bits per heavy atom. The van der Waals surface area contributed by atoms with E-state index in [1.165, 1.54) is 27.0 Å². The standard InChI is InChI=1S/C14H15N3O3S2/c1-16-11-5-2-3-6-12(11)17(22(16,19)20)9-8-15-14(18)13-7-4-10-21-13/h2-7,10H,8-9H2,1H3,(H,15,18). The van der Waals surface area contributed by atoms with Gasteiger partial charge in [0, 0.05) is 13.6 Å². The van der Waals surface area contributed by atoms with Gasteiger partial charge in [-0.2, -0.15) is 8.42 Å². The van der Waals surface area contributed by atoms with Crippen LogP contribution in [0.4, 0.5) is 11.4 Å².